The van der Waals surface area contributed by atoms with E-state index >= 15 is 0 Å². The van der Waals surface area contributed by atoms with E-state index in [9.17, 15) is 0 Å². The smallest absolute Gasteiger partial charge is 0.384 e. The molecule has 2 nitrogen and oxygen atoms in total. The lowest BCUT2D eigenvalue weighted by Crippen LogP contribution is -2.25. The highest BCUT2D eigenvalue weighted by atomic mass is 28.3. The zero-order chi connectivity index (χ0) is 11.5. The molecule has 0 aromatic heterocycles. The van der Waals surface area contributed by atoms with Gasteiger partial charge in [0, 0.05) is 13.2 Å². The van der Waals surface area contributed by atoms with E-state index in [0.29, 0.717) is 0 Å². The molecule has 0 aliphatic carbocycles. The minimum absolute atomic E-state index is 0.790. The Balaban J connectivity index is 3.85. The van der Waals surface area contributed by atoms with Gasteiger partial charge in [0.1, 0.15) is 0 Å². The lowest BCUT2D eigenvalue weighted by Gasteiger charge is -2.19. The van der Waals surface area contributed by atoms with E-state index in [4.69, 9.17) is 8.85 Å². The Kier molecular flexibility index (Phi) is 10.7. The van der Waals surface area contributed by atoms with Crippen LogP contribution < -0.4 is 0 Å². The third-order valence-electron chi connectivity index (χ3n) is 2.61. The lowest BCUT2D eigenvalue weighted by molar-refractivity contribution is 0.206. The van der Waals surface area contributed by atoms with E-state index in [1.54, 1.807) is 0 Å². The fourth-order valence-electron chi connectivity index (χ4n) is 1.66. The monoisotopic (exact) mass is 231 g/mol. The van der Waals surface area contributed by atoms with Crippen LogP contribution in [0, 0.1) is 5.92 Å². The highest BCUT2D eigenvalue weighted by Crippen LogP contribution is 2.19. The molecule has 0 bridgehead atoms. The summed E-state index contributed by atoms with van der Waals surface area (Å²) < 4.78 is 11.3. The highest BCUT2D eigenvalue weighted by Gasteiger charge is 2.19. The maximum atomic E-state index is 5.67. The summed E-state index contributed by atoms with van der Waals surface area (Å²) in [5.74, 6) is 0.803. The molecule has 1 radical (unpaired) electrons. The molecule has 91 valence electrons. The third kappa shape index (κ3) is 8.00. The molecule has 0 saturated carbocycles. The van der Waals surface area contributed by atoms with Crippen LogP contribution in [0.25, 0.3) is 0 Å². The van der Waals surface area contributed by atoms with Crippen LogP contribution in [0.2, 0.25) is 6.04 Å². The molecule has 1 unspecified atom stereocenters. The molecule has 0 saturated heterocycles. The van der Waals surface area contributed by atoms with Crippen molar-refractivity contribution in [3.8, 4) is 0 Å². The van der Waals surface area contributed by atoms with Gasteiger partial charge in [0.2, 0.25) is 0 Å². The summed E-state index contributed by atoms with van der Waals surface area (Å²) in [6.07, 6.45) is 5.23. The molecule has 0 aliphatic heterocycles. The predicted molar refractivity (Wildman–Crippen MR) is 67.1 cm³/mol. The van der Waals surface area contributed by atoms with Gasteiger partial charge in [-0.3, -0.25) is 0 Å². The van der Waals surface area contributed by atoms with Gasteiger partial charge in [-0.25, -0.2) is 0 Å². The van der Waals surface area contributed by atoms with Gasteiger partial charge in [0.15, 0.2) is 0 Å². The average molecular weight is 231 g/mol. The Morgan fingerprint density at radius 3 is 2.00 bits per heavy atom. The summed E-state index contributed by atoms with van der Waals surface area (Å²) in [6.45, 7) is 10.2. The van der Waals surface area contributed by atoms with Crippen LogP contribution in [0.15, 0.2) is 0 Å². The van der Waals surface area contributed by atoms with Gasteiger partial charge in [0.25, 0.3) is 0 Å². The third-order valence-corrected chi connectivity index (χ3v) is 4.74. The molecule has 3 heteroatoms. The summed E-state index contributed by atoms with van der Waals surface area (Å²) in [4.78, 5) is 0. The van der Waals surface area contributed by atoms with E-state index in [2.05, 4.69) is 27.7 Å². The maximum Gasteiger partial charge on any atom is 0.384 e. The van der Waals surface area contributed by atoms with Crippen molar-refractivity contribution >= 4 is 9.28 Å². The Bertz CT molecular complexity index is 125. The van der Waals surface area contributed by atoms with Crippen LogP contribution in [0.4, 0.5) is 0 Å². The summed E-state index contributed by atoms with van der Waals surface area (Å²) in [6, 6.07) is 1.16. The Morgan fingerprint density at radius 2 is 1.60 bits per heavy atom. The van der Waals surface area contributed by atoms with Gasteiger partial charge in [-0.1, -0.05) is 39.5 Å². The zero-order valence-corrected chi connectivity index (χ0v) is 11.8. The molecule has 15 heavy (non-hydrogen) atoms. The first-order valence-corrected chi connectivity index (χ1v) is 7.92. The van der Waals surface area contributed by atoms with Crippen molar-refractivity contribution in [2.75, 3.05) is 13.2 Å². The Hall–Kier alpha value is 0.137. The fourth-order valence-corrected chi connectivity index (χ4v) is 3.59. The van der Waals surface area contributed by atoms with Gasteiger partial charge in [-0.2, -0.15) is 0 Å². The Morgan fingerprint density at radius 1 is 1.00 bits per heavy atom. The average Bonchev–Trinajstić information content (AvgIpc) is 2.24. The number of unbranched alkanes of at least 4 members (excludes halogenated alkanes) is 1. The molecule has 0 aromatic rings. The molecular weight excluding hydrogens is 204 g/mol. The van der Waals surface area contributed by atoms with Crippen LogP contribution in [0.3, 0.4) is 0 Å². The molecule has 0 amide bonds. The van der Waals surface area contributed by atoms with E-state index in [0.717, 1.165) is 25.2 Å². The summed E-state index contributed by atoms with van der Waals surface area (Å²) in [7, 11) is -0.987. The van der Waals surface area contributed by atoms with Gasteiger partial charge < -0.3 is 8.85 Å². The van der Waals surface area contributed by atoms with E-state index < -0.39 is 9.28 Å². The van der Waals surface area contributed by atoms with Gasteiger partial charge in [-0.05, 0) is 25.8 Å². The minimum Gasteiger partial charge on any atom is -0.394 e. The van der Waals surface area contributed by atoms with Crippen LogP contribution >= 0.6 is 0 Å². The lowest BCUT2D eigenvalue weighted by atomic mass is 10.0. The van der Waals surface area contributed by atoms with Gasteiger partial charge >= 0.3 is 9.28 Å². The van der Waals surface area contributed by atoms with Gasteiger partial charge in [0.05, 0.1) is 0 Å². The van der Waals surface area contributed by atoms with Crippen molar-refractivity contribution in [2.24, 2.45) is 5.92 Å². The number of hydrogen-bond donors (Lipinski definition) is 0. The first-order chi connectivity index (χ1) is 7.28. The van der Waals surface area contributed by atoms with Crippen molar-refractivity contribution < 1.29 is 8.85 Å². The topological polar surface area (TPSA) is 18.5 Å². The summed E-state index contributed by atoms with van der Waals surface area (Å²) in [5, 5.41) is 0. The van der Waals surface area contributed by atoms with E-state index in [1.165, 1.54) is 25.7 Å². The molecule has 0 fully saturated rings. The SMILES string of the molecule is CCCCC(CC)C[Si](OCC)OCC. The zero-order valence-electron chi connectivity index (χ0n) is 10.8. The normalized spacial score (nSPS) is 13.4. The molecule has 0 N–H and O–H groups in total. The van der Waals surface area contributed by atoms with E-state index in [1.807, 2.05) is 0 Å². The van der Waals surface area contributed by atoms with Crippen molar-refractivity contribution in [1.29, 1.82) is 0 Å². The molecule has 0 aliphatic rings. The minimum atomic E-state index is -0.987. The highest BCUT2D eigenvalue weighted by molar-refractivity contribution is 6.44. The number of hydrogen-bond acceptors (Lipinski definition) is 2. The largest absolute Gasteiger partial charge is 0.394 e. The molecule has 0 rings (SSSR count). The predicted octanol–water partition coefficient (Wildman–Crippen LogP) is 3.76. The fraction of sp³-hybridized carbons (Fsp3) is 1.00. The van der Waals surface area contributed by atoms with Gasteiger partial charge in [-0.15, -0.1) is 0 Å². The quantitative estimate of drug-likeness (QED) is 0.533. The standard InChI is InChI=1S/C12H27O2Si/c1-5-9-10-12(6-2)11-15(13-7-3)14-8-4/h12H,5-11H2,1-4H3. The van der Waals surface area contributed by atoms with Crippen molar-refractivity contribution in [3.63, 3.8) is 0 Å². The van der Waals surface area contributed by atoms with Crippen molar-refractivity contribution in [1.82, 2.24) is 0 Å². The molecule has 0 aromatic carbocycles. The van der Waals surface area contributed by atoms with Crippen LogP contribution in [0.5, 0.6) is 0 Å². The Labute approximate surface area is 97.2 Å². The van der Waals surface area contributed by atoms with Crippen molar-refractivity contribution in [3.05, 3.63) is 0 Å². The first-order valence-electron chi connectivity index (χ1n) is 6.39. The van der Waals surface area contributed by atoms with E-state index in [-0.39, 0.29) is 0 Å². The second-order valence-corrected chi connectivity index (χ2v) is 5.59. The second-order valence-electron chi connectivity index (χ2n) is 3.86. The molecule has 0 spiro atoms. The molecule has 1 atom stereocenters. The summed E-state index contributed by atoms with van der Waals surface area (Å²) in [5.41, 5.74) is 0. The maximum absolute atomic E-state index is 5.67. The summed E-state index contributed by atoms with van der Waals surface area (Å²) >= 11 is 0. The van der Waals surface area contributed by atoms with Crippen molar-refractivity contribution in [2.45, 2.75) is 59.4 Å². The first kappa shape index (κ1) is 15.1. The molecule has 0 heterocycles. The second kappa shape index (κ2) is 10.6. The molecular formula is C12H27O2Si. The van der Waals surface area contributed by atoms with Crippen LogP contribution in [-0.4, -0.2) is 22.5 Å². The van der Waals surface area contributed by atoms with Crippen LogP contribution in [0.1, 0.15) is 53.4 Å². The van der Waals surface area contributed by atoms with Crippen LogP contribution in [-0.2, 0) is 8.85 Å². The number of rotatable bonds is 10.